The molecule has 0 aliphatic heterocycles. The fourth-order valence-electron chi connectivity index (χ4n) is 7.81. The van der Waals surface area contributed by atoms with Gasteiger partial charge in [-0.15, -0.1) is 0 Å². The molecule has 0 radical (unpaired) electrons. The Labute approximate surface area is 386 Å². The minimum absolute atomic E-state index is 0.0816. The highest BCUT2D eigenvalue weighted by Crippen LogP contribution is 2.15. The molecule has 0 heterocycles. The molecule has 5 heteroatoms. The summed E-state index contributed by atoms with van der Waals surface area (Å²) in [5.74, 6) is -0.401. The normalized spacial score (nSPS) is 12.5. The van der Waals surface area contributed by atoms with Crippen LogP contribution in [0.25, 0.3) is 0 Å². The maximum atomic E-state index is 12.8. The smallest absolute Gasteiger partial charge is 0.306 e. The second-order valence-corrected chi connectivity index (χ2v) is 18.1. The molecule has 0 aliphatic rings. The zero-order valence-electron chi connectivity index (χ0n) is 41.6. The lowest BCUT2D eigenvalue weighted by atomic mass is 10.1. The van der Waals surface area contributed by atoms with Gasteiger partial charge in [0, 0.05) is 19.4 Å². The summed E-state index contributed by atoms with van der Waals surface area (Å²) in [6.07, 6.45) is 65.5. The molecule has 0 bridgehead atoms. The SMILES string of the molecule is CC/C=C\C/C=C\C/C=C\CCCCCCCCCC(=O)OCC(COCCCCCCCCCCCCCC)OC(=O)CCCCCCCCC/C=C\CCCCCCCC. The highest BCUT2D eigenvalue weighted by Gasteiger charge is 2.17. The first kappa shape index (κ1) is 59.9. The monoisotopic (exact) mass is 869 g/mol. The fraction of sp³-hybridized carbons (Fsp3) is 0.825. The number of hydrogen-bond acceptors (Lipinski definition) is 5. The van der Waals surface area contributed by atoms with Crippen LogP contribution in [0.5, 0.6) is 0 Å². The lowest BCUT2D eigenvalue weighted by molar-refractivity contribution is -0.163. The van der Waals surface area contributed by atoms with E-state index in [1.165, 1.54) is 173 Å². The Balaban J connectivity index is 4.24. The van der Waals surface area contributed by atoms with E-state index in [1.54, 1.807) is 0 Å². The molecule has 0 rings (SSSR count). The van der Waals surface area contributed by atoms with Crippen LogP contribution in [0.4, 0.5) is 0 Å². The third-order valence-corrected chi connectivity index (χ3v) is 11.8. The maximum Gasteiger partial charge on any atom is 0.306 e. The van der Waals surface area contributed by atoms with Crippen molar-refractivity contribution in [3.05, 3.63) is 48.6 Å². The summed E-state index contributed by atoms with van der Waals surface area (Å²) in [5, 5.41) is 0. The van der Waals surface area contributed by atoms with Crippen LogP contribution in [0.3, 0.4) is 0 Å². The number of unbranched alkanes of at least 4 members (excludes halogenated alkanes) is 31. The van der Waals surface area contributed by atoms with Gasteiger partial charge >= 0.3 is 11.9 Å². The van der Waals surface area contributed by atoms with E-state index >= 15 is 0 Å². The molecule has 0 spiro atoms. The van der Waals surface area contributed by atoms with Gasteiger partial charge in [0.15, 0.2) is 6.10 Å². The van der Waals surface area contributed by atoms with Crippen LogP contribution in [0.15, 0.2) is 48.6 Å². The van der Waals surface area contributed by atoms with Gasteiger partial charge in [-0.05, 0) is 77.0 Å². The number of hydrogen-bond donors (Lipinski definition) is 0. The van der Waals surface area contributed by atoms with E-state index in [4.69, 9.17) is 14.2 Å². The van der Waals surface area contributed by atoms with Crippen LogP contribution in [-0.2, 0) is 23.8 Å². The van der Waals surface area contributed by atoms with Crippen molar-refractivity contribution in [2.75, 3.05) is 19.8 Å². The Morgan fingerprint density at radius 2 is 0.726 bits per heavy atom. The minimum atomic E-state index is -0.539. The van der Waals surface area contributed by atoms with Gasteiger partial charge in [-0.25, -0.2) is 0 Å². The molecule has 0 aromatic rings. The number of ether oxygens (including phenoxy) is 3. The number of rotatable bonds is 50. The third kappa shape index (κ3) is 50.5. The Hall–Kier alpha value is -2.14. The Morgan fingerprint density at radius 3 is 1.18 bits per heavy atom. The molecule has 0 N–H and O–H groups in total. The summed E-state index contributed by atoms with van der Waals surface area (Å²) in [4.78, 5) is 25.4. The second-order valence-electron chi connectivity index (χ2n) is 18.1. The van der Waals surface area contributed by atoms with Crippen molar-refractivity contribution in [1.29, 1.82) is 0 Å². The van der Waals surface area contributed by atoms with Crippen molar-refractivity contribution in [3.8, 4) is 0 Å². The maximum absolute atomic E-state index is 12.8. The van der Waals surface area contributed by atoms with E-state index in [9.17, 15) is 9.59 Å². The van der Waals surface area contributed by atoms with E-state index in [0.29, 0.717) is 19.4 Å². The van der Waals surface area contributed by atoms with Gasteiger partial charge in [0.05, 0.1) is 6.61 Å². The first-order chi connectivity index (χ1) is 30.6. The molecular weight excluding hydrogens is 765 g/mol. The molecule has 0 amide bonds. The molecule has 0 fully saturated rings. The zero-order chi connectivity index (χ0) is 44.9. The Bertz CT molecular complexity index is 1030. The molecule has 62 heavy (non-hydrogen) atoms. The molecular formula is C57H104O5. The van der Waals surface area contributed by atoms with Crippen molar-refractivity contribution in [3.63, 3.8) is 0 Å². The van der Waals surface area contributed by atoms with Crippen molar-refractivity contribution >= 4 is 11.9 Å². The average Bonchev–Trinajstić information content (AvgIpc) is 3.27. The molecule has 0 aromatic heterocycles. The molecule has 0 aliphatic carbocycles. The predicted octanol–water partition coefficient (Wildman–Crippen LogP) is 18.3. The van der Waals surface area contributed by atoms with Crippen LogP contribution < -0.4 is 0 Å². The van der Waals surface area contributed by atoms with E-state index in [0.717, 1.165) is 70.6 Å². The summed E-state index contributed by atoms with van der Waals surface area (Å²) in [6.45, 7) is 7.74. The van der Waals surface area contributed by atoms with Gasteiger partial charge in [-0.2, -0.15) is 0 Å². The number of carbonyl (C=O) groups excluding carboxylic acids is 2. The first-order valence-corrected chi connectivity index (χ1v) is 27.2. The van der Waals surface area contributed by atoms with Crippen LogP contribution in [-0.4, -0.2) is 37.9 Å². The lowest BCUT2D eigenvalue weighted by Crippen LogP contribution is -2.30. The molecule has 1 unspecified atom stereocenters. The van der Waals surface area contributed by atoms with Crippen LogP contribution in [0.1, 0.15) is 278 Å². The molecule has 362 valence electrons. The van der Waals surface area contributed by atoms with Gasteiger partial charge in [-0.3, -0.25) is 9.59 Å². The molecule has 0 saturated carbocycles. The van der Waals surface area contributed by atoms with Gasteiger partial charge in [0.2, 0.25) is 0 Å². The molecule has 5 nitrogen and oxygen atoms in total. The summed E-state index contributed by atoms with van der Waals surface area (Å²) in [6, 6.07) is 0. The van der Waals surface area contributed by atoms with Crippen LogP contribution >= 0.6 is 0 Å². The van der Waals surface area contributed by atoms with E-state index < -0.39 is 6.10 Å². The van der Waals surface area contributed by atoms with Gasteiger partial charge in [0.25, 0.3) is 0 Å². The standard InChI is InChI=1S/C57H104O5/c1-4-7-10-13-16-19-22-25-27-29-31-33-35-38-41-44-47-50-56(58)61-54-55(53-60-52-49-46-43-40-37-24-21-18-15-12-9-6-3)62-57(59)51-48-45-42-39-36-34-32-30-28-26-23-20-17-14-11-8-5-2/h7,10,16,19,25-28,55H,4-6,8-9,11-15,17-18,20-24,29-54H2,1-3H3/b10-7-,19-16-,27-25-,28-26-. The van der Waals surface area contributed by atoms with Gasteiger partial charge in [0.1, 0.15) is 6.61 Å². The highest BCUT2D eigenvalue weighted by molar-refractivity contribution is 5.70. The van der Waals surface area contributed by atoms with Crippen LogP contribution in [0, 0.1) is 0 Å². The fourth-order valence-corrected chi connectivity index (χ4v) is 7.81. The van der Waals surface area contributed by atoms with Crippen molar-refractivity contribution in [1.82, 2.24) is 0 Å². The van der Waals surface area contributed by atoms with Crippen molar-refractivity contribution < 1.29 is 23.8 Å². The highest BCUT2D eigenvalue weighted by atomic mass is 16.6. The first-order valence-electron chi connectivity index (χ1n) is 27.2. The quantitative estimate of drug-likeness (QED) is 0.0346. The van der Waals surface area contributed by atoms with Crippen LogP contribution in [0.2, 0.25) is 0 Å². The van der Waals surface area contributed by atoms with Crippen molar-refractivity contribution in [2.45, 2.75) is 284 Å². The summed E-state index contributed by atoms with van der Waals surface area (Å²) < 4.78 is 17.4. The zero-order valence-corrected chi connectivity index (χ0v) is 41.6. The van der Waals surface area contributed by atoms with Gasteiger partial charge < -0.3 is 14.2 Å². The van der Waals surface area contributed by atoms with E-state index in [2.05, 4.69) is 69.4 Å². The number of allylic oxidation sites excluding steroid dienone is 8. The summed E-state index contributed by atoms with van der Waals surface area (Å²) in [5.41, 5.74) is 0. The third-order valence-electron chi connectivity index (χ3n) is 11.8. The molecule has 0 saturated heterocycles. The average molecular weight is 869 g/mol. The molecule has 1 atom stereocenters. The van der Waals surface area contributed by atoms with Crippen molar-refractivity contribution in [2.24, 2.45) is 0 Å². The molecule has 0 aromatic carbocycles. The number of esters is 2. The minimum Gasteiger partial charge on any atom is -0.462 e. The number of carbonyl (C=O) groups is 2. The Morgan fingerprint density at radius 1 is 0.371 bits per heavy atom. The Kier molecular flexibility index (Phi) is 51.4. The lowest BCUT2D eigenvalue weighted by Gasteiger charge is -2.18. The van der Waals surface area contributed by atoms with E-state index in [-0.39, 0.29) is 25.2 Å². The predicted molar refractivity (Wildman–Crippen MR) is 270 cm³/mol. The van der Waals surface area contributed by atoms with Gasteiger partial charge in [-0.1, -0.05) is 236 Å². The second kappa shape index (κ2) is 53.2. The van der Waals surface area contributed by atoms with E-state index in [1.807, 2.05) is 0 Å². The largest absolute Gasteiger partial charge is 0.462 e. The summed E-state index contributed by atoms with van der Waals surface area (Å²) in [7, 11) is 0. The topological polar surface area (TPSA) is 61.8 Å². The summed E-state index contributed by atoms with van der Waals surface area (Å²) >= 11 is 0.